The molecule has 0 unspecified atom stereocenters. The van der Waals surface area contributed by atoms with Crippen molar-refractivity contribution in [2.75, 3.05) is 6.61 Å². The molecule has 1 aromatic heterocycles. The van der Waals surface area contributed by atoms with Crippen molar-refractivity contribution >= 4 is 17.9 Å². The van der Waals surface area contributed by atoms with Crippen molar-refractivity contribution in [3.8, 4) is 0 Å². The molecule has 0 atom stereocenters. The average Bonchev–Trinajstić information content (AvgIpc) is 2.67. The van der Waals surface area contributed by atoms with Gasteiger partial charge in [-0.1, -0.05) is 19.1 Å². The van der Waals surface area contributed by atoms with E-state index in [2.05, 4.69) is 10.3 Å². The Kier molecular flexibility index (Phi) is 5.18. The van der Waals surface area contributed by atoms with Crippen molar-refractivity contribution in [3.63, 3.8) is 0 Å². The number of ether oxygens (including phenoxy) is 1. The number of amides is 3. The van der Waals surface area contributed by atoms with E-state index in [9.17, 15) is 14.4 Å². The first-order chi connectivity index (χ1) is 9.31. The van der Waals surface area contributed by atoms with Crippen LogP contribution < -0.4 is 11.1 Å². The highest BCUT2D eigenvalue weighted by Gasteiger charge is 2.19. The van der Waals surface area contributed by atoms with Crippen LogP contribution in [-0.4, -0.2) is 39.5 Å². The summed E-state index contributed by atoms with van der Waals surface area (Å²) < 4.78 is 6.21. The van der Waals surface area contributed by atoms with Gasteiger partial charge in [0.15, 0.2) is 5.69 Å². The Balaban J connectivity index is 2.71. The van der Waals surface area contributed by atoms with Gasteiger partial charge in [-0.2, -0.15) is 0 Å². The number of primary amides is 1. The second-order valence-corrected chi connectivity index (χ2v) is 4.59. The van der Waals surface area contributed by atoms with Crippen LogP contribution in [0.5, 0.6) is 0 Å². The number of nitrogens with two attached hydrogens (primary N) is 1. The van der Waals surface area contributed by atoms with E-state index in [1.165, 1.54) is 4.68 Å². The Morgan fingerprint density at radius 3 is 2.60 bits per heavy atom. The number of carbonyl (C=O) groups is 3. The predicted octanol–water partition coefficient (Wildman–Crippen LogP) is -0.406. The summed E-state index contributed by atoms with van der Waals surface area (Å²) in [6.07, 6.45) is 0. The average molecular weight is 283 g/mol. The summed E-state index contributed by atoms with van der Waals surface area (Å²) in [5.41, 5.74) is 5.23. The van der Waals surface area contributed by atoms with E-state index < -0.39 is 17.9 Å². The molecule has 20 heavy (non-hydrogen) atoms. The smallest absolute Gasteiger partial charge is 0.360 e. The van der Waals surface area contributed by atoms with Crippen LogP contribution in [-0.2, 0) is 16.1 Å². The molecule has 3 amide bonds. The van der Waals surface area contributed by atoms with E-state index in [1.807, 2.05) is 19.2 Å². The highest BCUT2D eigenvalue weighted by atomic mass is 16.5. The van der Waals surface area contributed by atoms with Gasteiger partial charge in [0, 0.05) is 0 Å². The normalized spacial score (nSPS) is 10.4. The van der Waals surface area contributed by atoms with Crippen molar-refractivity contribution in [1.82, 2.24) is 20.3 Å². The lowest BCUT2D eigenvalue weighted by molar-refractivity contribution is -0.120. The third-order valence-electron chi connectivity index (χ3n) is 2.28. The summed E-state index contributed by atoms with van der Waals surface area (Å²) in [4.78, 5) is 33.6. The maximum absolute atomic E-state index is 11.7. The summed E-state index contributed by atoms with van der Waals surface area (Å²) in [7, 11) is 0. The fraction of sp³-hybridized carbons (Fsp3) is 0.545. The Morgan fingerprint density at radius 2 is 2.05 bits per heavy atom. The van der Waals surface area contributed by atoms with Gasteiger partial charge in [0.1, 0.15) is 6.54 Å². The van der Waals surface area contributed by atoms with Gasteiger partial charge < -0.3 is 10.5 Å². The highest BCUT2D eigenvalue weighted by molar-refractivity contribution is 5.93. The molecule has 0 aliphatic carbocycles. The van der Waals surface area contributed by atoms with Crippen LogP contribution in [0, 0.1) is 12.8 Å². The molecular formula is C11H17N5O4. The van der Waals surface area contributed by atoms with E-state index >= 15 is 0 Å². The molecule has 0 radical (unpaired) electrons. The van der Waals surface area contributed by atoms with Crippen molar-refractivity contribution in [1.29, 1.82) is 0 Å². The van der Waals surface area contributed by atoms with Gasteiger partial charge in [0.05, 0.1) is 12.3 Å². The number of carbonyl (C=O) groups excluding carboxylic acids is 3. The molecule has 0 saturated carbocycles. The number of nitrogens with zero attached hydrogens (tertiary/aromatic N) is 3. The summed E-state index contributed by atoms with van der Waals surface area (Å²) in [6.45, 7) is 5.40. The van der Waals surface area contributed by atoms with E-state index in [0.717, 1.165) is 0 Å². The largest absolute Gasteiger partial charge is 0.461 e. The standard InChI is InChI=1S/C11H17N5O4/c1-6(2)5-20-10(18)9-7(3)16(15-14-9)4-8(17)13-11(12)19/h6H,4-5H2,1-3H3,(H3,12,13,17,19). The van der Waals surface area contributed by atoms with Gasteiger partial charge >= 0.3 is 12.0 Å². The van der Waals surface area contributed by atoms with Gasteiger partial charge in [-0.3, -0.25) is 10.1 Å². The first kappa shape index (κ1) is 15.6. The lowest BCUT2D eigenvalue weighted by Crippen LogP contribution is -2.37. The van der Waals surface area contributed by atoms with Crippen LogP contribution in [0.25, 0.3) is 0 Å². The predicted molar refractivity (Wildman–Crippen MR) is 67.6 cm³/mol. The van der Waals surface area contributed by atoms with Gasteiger partial charge in [-0.25, -0.2) is 14.3 Å². The molecule has 0 bridgehead atoms. The number of aromatic nitrogens is 3. The molecule has 0 fully saturated rings. The molecular weight excluding hydrogens is 266 g/mol. The van der Waals surface area contributed by atoms with Crippen molar-refractivity contribution in [2.45, 2.75) is 27.3 Å². The number of imide groups is 1. The molecule has 1 heterocycles. The molecule has 9 nitrogen and oxygen atoms in total. The van der Waals surface area contributed by atoms with Crippen molar-refractivity contribution in [3.05, 3.63) is 11.4 Å². The number of rotatable bonds is 5. The van der Waals surface area contributed by atoms with Crippen molar-refractivity contribution in [2.24, 2.45) is 11.7 Å². The fourth-order valence-electron chi connectivity index (χ4n) is 1.32. The number of hydrogen-bond acceptors (Lipinski definition) is 6. The van der Waals surface area contributed by atoms with Crippen LogP contribution in [0.4, 0.5) is 4.79 Å². The summed E-state index contributed by atoms with van der Waals surface area (Å²) in [5, 5.41) is 9.22. The molecule has 3 N–H and O–H groups in total. The zero-order valence-corrected chi connectivity index (χ0v) is 11.5. The lowest BCUT2D eigenvalue weighted by atomic mass is 10.2. The third kappa shape index (κ3) is 4.34. The molecule has 0 spiro atoms. The second kappa shape index (κ2) is 6.64. The summed E-state index contributed by atoms with van der Waals surface area (Å²) in [6, 6.07) is -0.954. The van der Waals surface area contributed by atoms with Gasteiger partial charge in [0.2, 0.25) is 5.91 Å². The van der Waals surface area contributed by atoms with Gasteiger partial charge in [-0.05, 0) is 12.8 Å². The van der Waals surface area contributed by atoms with Gasteiger partial charge in [-0.15, -0.1) is 5.10 Å². The lowest BCUT2D eigenvalue weighted by Gasteiger charge is -2.06. The topological polar surface area (TPSA) is 129 Å². The molecule has 9 heteroatoms. The molecule has 1 aromatic rings. The third-order valence-corrected chi connectivity index (χ3v) is 2.28. The second-order valence-electron chi connectivity index (χ2n) is 4.59. The zero-order chi connectivity index (χ0) is 15.3. The van der Waals surface area contributed by atoms with Gasteiger partial charge in [0.25, 0.3) is 0 Å². The van der Waals surface area contributed by atoms with Crippen molar-refractivity contribution < 1.29 is 19.1 Å². The number of urea groups is 1. The molecule has 0 aromatic carbocycles. The minimum absolute atomic E-state index is 0.0394. The Bertz CT molecular complexity index is 523. The quantitative estimate of drug-likeness (QED) is 0.707. The first-order valence-electron chi connectivity index (χ1n) is 5.97. The maximum atomic E-state index is 11.7. The minimum Gasteiger partial charge on any atom is -0.461 e. The van der Waals surface area contributed by atoms with E-state index in [0.29, 0.717) is 5.69 Å². The Morgan fingerprint density at radius 1 is 1.40 bits per heavy atom. The summed E-state index contributed by atoms with van der Waals surface area (Å²) >= 11 is 0. The molecule has 1 rings (SSSR count). The van der Waals surface area contributed by atoms with E-state index in [4.69, 9.17) is 10.5 Å². The Hall–Kier alpha value is -2.45. The molecule has 110 valence electrons. The number of nitrogens with one attached hydrogen (secondary N) is 1. The SMILES string of the molecule is Cc1c(C(=O)OCC(C)C)nnn1CC(=O)NC(N)=O. The van der Waals surface area contributed by atoms with E-state index in [-0.39, 0.29) is 24.8 Å². The van der Waals surface area contributed by atoms with Crippen LogP contribution in [0.3, 0.4) is 0 Å². The first-order valence-corrected chi connectivity index (χ1v) is 5.97. The van der Waals surface area contributed by atoms with Crippen LogP contribution in [0.2, 0.25) is 0 Å². The minimum atomic E-state index is -0.954. The fourth-order valence-corrected chi connectivity index (χ4v) is 1.32. The molecule has 0 saturated heterocycles. The van der Waals surface area contributed by atoms with E-state index in [1.54, 1.807) is 6.92 Å². The summed E-state index contributed by atoms with van der Waals surface area (Å²) in [5.74, 6) is -1.04. The monoisotopic (exact) mass is 283 g/mol. The zero-order valence-electron chi connectivity index (χ0n) is 11.5. The number of esters is 1. The Labute approximate surface area is 115 Å². The van der Waals surface area contributed by atoms with Crippen LogP contribution >= 0.6 is 0 Å². The molecule has 0 aliphatic rings. The number of hydrogen-bond donors (Lipinski definition) is 2. The maximum Gasteiger partial charge on any atom is 0.360 e. The molecule has 0 aliphatic heterocycles. The van der Waals surface area contributed by atoms with Crippen LogP contribution in [0.1, 0.15) is 30.0 Å². The highest BCUT2D eigenvalue weighted by Crippen LogP contribution is 2.06. The van der Waals surface area contributed by atoms with Crippen LogP contribution in [0.15, 0.2) is 0 Å².